The van der Waals surface area contributed by atoms with Crippen LogP contribution in [0.15, 0.2) is 94.6 Å². The van der Waals surface area contributed by atoms with Crippen molar-refractivity contribution in [2.24, 2.45) is 0 Å². The van der Waals surface area contributed by atoms with E-state index in [0.29, 0.717) is 22.6 Å². The lowest BCUT2D eigenvalue weighted by atomic mass is 9.87. The van der Waals surface area contributed by atoms with Crippen LogP contribution in [0, 0.1) is 0 Å². The molecular weight excluding hydrogens is 454 g/mol. The average Bonchev–Trinajstić information content (AvgIpc) is 3.42. The summed E-state index contributed by atoms with van der Waals surface area (Å²) in [6.45, 7) is 6.34. The van der Waals surface area contributed by atoms with Crippen molar-refractivity contribution < 1.29 is 23.8 Å². The van der Waals surface area contributed by atoms with Gasteiger partial charge in [0, 0.05) is 11.1 Å². The zero-order chi connectivity index (χ0) is 25.6. The Balaban J connectivity index is 1.63. The molecule has 0 saturated carbocycles. The van der Waals surface area contributed by atoms with E-state index >= 15 is 0 Å². The molecule has 0 spiro atoms. The average molecular weight is 482 g/mol. The number of hydrogen-bond acceptors (Lipinski definition) is 5. The molecule has 4 aromatic rings. The van der Waals surface area contributed by atoms with E-state index in [1.54, 1.807) is 43.5 Å². The highest BCUT2D eigenvalue weighted by Gasteiger charge is 2.45. The summed E-state index contributed by atoms with van der Waals surface area (Å²) < 4.78 is 11.1. The first-order chi connectivity index (χ1) is 17.2. The number of para-hydroxylation sites is 1. The van der Waals surface area contributed by atoms with Crippen molar-refractivity contribution in [2.45, 2.75) is 32.2 Å². The van der Waals surface area contributed by atoms with Gasteiger partial charge in [-0.2, -0.15) is 0 Å². The van der Waals surface area contributed by atoms with Gasteiger partial charge in [0.2, 0.25) is 5.78 Å². The normalized spacial score (nSPS) is 16.2. The minimum absolute atomic E-state index is 0.0240. The van der Waals surface area contributed by atoms with Crippen molar-refractivity contribution in [3.05, 3.63) is 107 Å². The SMILES string of the molecule is COc1ccc(C2C(C(=O)c3cc4ccccc4o3)=C(O)C(=O)N2c2ccc(C(C)(C)C)cc2)cc1. The molecule has 6 nitrogen and oxygen atoms in total. The van der Waals surface area contributed by atoms with Gasteiger partial charge in [-0.1, -0.05) is 63.2 Å². The van der Waals surface area contributed by atoms with Crippen LogP contribution in [0.1, 0.15) is 48.5 Å². The molecule has 1 unspecified atom stereocenters. The number of nitrogens with zero attached hydrogens (tertiary/aromatic N) is 1. The van der Waals surface area contributed by atoms with Gasteiger partial charge in [-0.15, -0.1) is 0 Å². The van der Waals surface area contributed by atoms with Crippen LogP contribution in [0.3, 0.4) is 0 Å². The van der Waals surface area contributed by atoms with Crippen molar-refractivity contribution in [3.8, 4) is 5.75 Å². The Morgan fingerprint density at radius 2 is 1.64 bits per heavy atom. The molecule has 36 heavy (non-hydrogen) atoms. The summed E-state index contributed by atoms with van der Waals surface area (Å²) in [4.78, 5) is 28.6. The number of amides is 1. The number of aliphatic hydroxyl groups is 1. The number of furan rings is 1. The van der Waals surface area contributed by atoms with Crippen LogP contribution in [0.2, 0.25) is 0 Å². The Bertz CT molecular complexity index is 1450. The fourth-order valence-corrected chi connectivity index (χ4v) is 4.55. The van der Waals surface area contributed by atoms with E-state index < -0.39 is 23.5 Å². The van der Waals surface area contributed by atoms with E-state index in [1.807, 2.05) is 42.5 Å². The van der Waals surface area contributed by atoms with Gasteiger partial charge in [-0.25, -0.2) is 0 Å². The van der Waals surface area contributed by atoms with E-state index in [9.17, 15) is 14.7 Å². The number of carbonyl (C=O) groups excluding carboxylic acids is 2. The number of fused-ring (bicyclic) bond motifs is 1. The number of rotatable bonds is 5. The van der Waals surface area contributed by atoms with Crippen molar-refractivity contribution in [1.29, 1.82) is 0 Å². The minimum Gasteiger partial charge on any atom is -0.503 e. The van der Waals surface area contributed by atoms with Crippen LogP contribution < -0.4 is 9.64 Å². The Kier molecular flexibility index (Phi) is 5.67. The molecule has 0 fully saturated rings. The van der Waals surface area contributed by atoms with E-state index in [-0.39, 0.29) is 16.7 Å². The largest absolute Gasteiger partial charge is 0.503 e. The van der Waals surface area contributed by atoms with Gasteiger partial charge in [-0.05, 0) is 52.9 Å². The van der Waals surface area contributed by atoms with Gasteiger partial charge in [0.05, 0.1) is 18.7 Å². The monoisotopic (exact) mass is 481 g/mol. The summed E-state index contributed by atoms with van der Waals surface area (Å²) >= 11 is 0. The van der Waals surface area contributed by atoms with Gasteiger partial charge in [0.25, 0.3) is 5.91 Å². The molecule has 6 heteroatoms. The molecule has 182 valence electrons. The predicted molar refractivity (Wildman–Crippen MR) is 139 cm³/mol. The van der Waals surface area contributed by atoms with Gasteiger partial charge in [-0.3, -0.25) is 14.5 Å². The summed E-state index contributed by atoms with van der Waals surface area (Å²) in [5.41, 5.74) is 2.81. The molecule has 1 aliphatic heterocycles. The molecule has 0 saturated heterocycles. The van der Waals surface area contributed by atoms with Crippen LogP contribution in [0.25, 0.3) is 11.0 Å². The van der Waals surface area contributed by atoms with Crippen molar-refractivity contribution in [1.82, 2.24) is 0 Å². The molecule has 0 bridgehead atoms. The first-order valence-corrected chi connectivity index (χ1v) is 11.7. The van der Waals surface area contributed by atoms with Gasteiger partial charge in [0.1, 0.15) is 11.3 Å². The zero-order valence-corrected chi connectivity index (χ0v) is 20.6. The van der Waals surface area contributed by atoms with Gasteiger partial charge in [0.15, 0.2) is 11.5 Å². The number of methoxy groups -OCH3 is 1. The molecule has 1 aliphatic rings. The maximum atomic E-state index is 13.7. The molecule has 3 aromatic carbocycles. The highest BCUT2D eigenvalue weighted by atomic mass is 16.5. The summed E-state index contributed by atoms with van der Waals surface area (Å²) in [5.74, 6) is -1.05. The van der Waals surface area contributed by atoms with Gasteiger partial charge >= 0.3 is 0 Å². The third kappa shape index (κ3) is 3.94. The molecule has 1 aromatic heterocycles. The highest BCUT2D eigenvalue weighted by molar-refractivity contribution is 6.20. The summed E-state index contributed by atoms with van der Waals surface area (Å²) in [5, 5.41) is 11.8. The lowest BCUT2D eigenvalue weighted by Gasteiger charge is -2.28. The third-order valence-electron chi connectivity index (χ3n) is 6.55. The second-order valence-corrected chi connectivity index (χ2v) is 9.89. The molecule has 0 aliphatic carbocycles. The molecule has 2 heterocycles. The van der Waals surface area contributed by atoms with E-state index in [0.717, 1.165) is 10.9 Å². The first-order valence-electron chi connectivity index (χ1n) is 11.7. The molecule has 0 radical (unpaired) electrons. The van der Waals surface area contributed by atoms with Crippen molar-refractivity contribution in [2.75, 3.05) is 12.0 Å². The lowest BCUT2D eigenvalue weighted by molar-refractivity contribution is -0.117. The van der Waals surface area contributed by atoms with Gasteiger partial charge < -0.3 is 14.3 Å². The maximum Gasteiger partial charge on any atom is 0.294 e. The molecule has 1 amide bonds. The van der Waals surface area contributed by atoms with Crippen LogP contribution in [-0.2, 0) is 10.2 Å². The van der Waals surface area contributed by atoms with Crippen molar-refractivity contribution in [3.63, 3.8) is 0 Å². The topological polar surface area (TPSA) is 80.0 Å². The first kappa shape index (κ1) is 23.4. The van der Waals surface area contributed by atoms with E-state index in [1.165, 1.54) is 4.90 Å². The van der Waals surface area contributed by atoms with E-state index in [2.05, 4.69) is 20.8 Å². The van der Waals surface area contributed by atoms with Crippen molar-refractivity contribution >= 4 is 28.3 Å². The number of ether oxygens (including phenoxy) is 1. The summed E-state index contributed by atoms with van der Waals surface area (Å²) in [6, 6.07) is 22.8. The molecule has 5 rings (SSSR count). The minimum atomic E-state index is -0.843. The predicted octanol–water partition coefficient (Wildman–Crippen LogP) is 6.52. The Labute approximate surface area is 209 Å². The quantitative estimate of drug-likeness (QED) is 0.328. The summed E-state index contributed by atoms with van der Waals surface area (Å²) in [7, 11) is 1.57. The molecule has 1 atom stereocenters. The standard InChI is InChI=1S/C30H27NO5/c1-30(2,3)20-11-13-21(14-12-20)31-26(18-9-15-22(35-4)16-10-18)25(28(33)29(31)34)27(32)24-17-19-7-5-6-8-23(19)36-24/h5-17,26,33H,1-4H3. The number of benzene rings is 3. The number of anilines is 1. The third-order valence-corrected chi connectivity index (χ3v) is 6.55. The number of ketones is 1. The van der Waals surface area contributed by atoms with E-state index in [4.69, 9.17) is 9.15 Å². The number of Topliss-reactive ketones (excluding diaryl/α,β-unsaturated/α-hetero) is 1. The fraction of sp³-hybridized carbons (Fsp3) is 0.200. The number of carbonyl (C=O) groups is 2. The van der Waals surface area contributed by atoms with Crippen LogP contribution in [0.5, 0.6) is 5.75 Å². The lowest BCUT2D eigenvalue weighted by Crippen LogP contribution is -2.31. The number of aliphatic hydroxyl groups excluding tert-OH is 1. The second-order valence-electron chi connectivity index (χ2n) is 9.89. The zero-order valence-electron chi connectivity index (χ0n) is 20.6. The summed E-state index contributed by atoms with van der Waals surface area (Å²) in [6.07, 6.45) is 0. The van der Waals surface area contributed by atoms with Crippen LogP contribution >= 0.6 is 0 Å². The Morgan fingerprint density at radius 1 is 0.972 bits per heavy atom. The number of hydrogen-bond donors (Lipinski definition) is 1. The van der Waals surface area contributed by atoms with Crippen LogP contribution in [0.4, 0.5) is 5.69 Å². The maximum absolute atomic E-state index is 13.7. The Hall–Kier alpha value is -4.32. The smallest absolute Gasteiger partial charge is 0.294 e. The molecule has 1 N–H and O–H groups in total. The Morgan fingerprint density at radius 3 is 2.25 bits per heavy atom. The fourth-order valence-electron chi connectivity index (χ4n) is 4.55. The van der Waals surface area contributed by atoms with Crippen LogP contribution in [-0.4, -0.2) is 23.9 Å². The molecular formula is C30H27NO5. The second kappa shape index (κ2) is 8.72. The highest BCUT2D eigenvalue weighted by Crippen LogP contribution is 2.43.